The van der Waals surface area contributed by atoms with Crippen LogP contribution in [0.2, 0.25) is 0 Å². The van der Waals surface area contributed by atoms with Gasteiger partial charge in [0.2, 0.25) is 0 Å². The van der Waals surface area contributed by atoms with E-state index in [0.29, 0.717) is 4.91 Å². The largest absolute Gasteiger partial charge is 0.483 e. The SMILES string of the molecule is C/C(=C1/SC(=O)NC1=O)c1ccc2c(c1)C=CC(C)(C)O2. The summed E-state index contributed by atoms with van der Waals surface area (Å²) in [4.78, 5) is 23.5. The first kappa shape index (κ1) is 13.9. The molecule has 0 aliphatic carbocycles. The van der Waals surface area contributed by atoms with Gasteiger partial charge in [0.15, 0.2) is 0 Å². The molecule has 2 amide bonds. The summed E-state index contributed by atoms with van der Waals surface area (Å²) < 4.78 is 5.88. The van der Waals surface area contributed by atoms with Gasteiger partial charge < -0.3 is 4.74 Å². The Morgan fingerprint density at radius 1 is 1.29 bits per heavy atom. The predicted molar refractivity (Wildman–Crippen MR) is 83.9 cm³/mol. The normalized spacial score (nSPS) is 21.7. The molecule has 0 atom stereocenters. The minimum atomic E-state index is -0.326. The van der Waals surface area contributed by atoms with Crippen LogP contribution in [-0.2, 0) is 4.79 Å². The number of carbonyl (C=O) groups is 2. The van der Waals surface area contributed by atoms with Crippen molar-refractivity contribution in [1.82, 2.24) is 5.32 Å². The lowest BCUT2D eigenvalue weighted by atomic mass is 9.98. The molecule has 1 saturated heterocycles. The van der Waals surface area contributed by atoms with Crippen LogP contribution < -0.4 is 10.1 Å². The van der Waals surface area contributed by atoms with Crippen LogP contribution in [0.5, 0.6) is 5.75 Å². The molecule has 1 fully saturated rings. The first-order valence-corrected chi connectivity index (χ1v) is 7.44. The molecule has 0 aromatic heterocycles. The van der Waals surface area contributed by atoms with Crippen LogP contribution in [-0.4, -0.2) is 16.7 Å². The summed E-state index contributed by atoms with van der Waals surface area (Å²) in [6.45, 7) is 5.84. The van der Waals surface area contributed by atoms with E-state index in [1.54, 1.807) is 0 Å². The van der Waals surface area contributed by atoms with Crippen LogP contribution in [0.1, 0.15) is 31.9 Å². The molecule has 0 bridgehead atoms. The number of ether oxygens (including phenoxy) is 1. The van der Waals surface area contributed by atoms with Crippen LogP contribution >= 0.6 is 11.8 Å². The molecule has 0 saturated carbocycles. The standard InChI is InChI=1S/C16H15NO3S/c1-9(13-14(18)17-15(19)21-13)10-4-5-12-11(8-10)6-7-16(2,3)20-12/h4-8H,1-3H3,(H,17,18,19)/b13-9-. The molecule has 108 valence electrons. The average molecular weight is 301 g/mol. The Morgan fingerprint density at radius 3 is 2.71 bits per heavy atom. The van der Waals surface area contributed by atoms with Crippen molar-refractivity contribution in [2.45, 2.75) is 26.4 Å². The molecule has 5 heteroatoms. The van der Waals surface area contributed by atoms with Crippen molar-refractivity contribution in [3.05, 3.63) is 40.3 Å². The topological polar surface area (TPSA) is 55.4 Å². The third kappa shape index (κ3) is 2.61. The zero-order valence-corrected chi connectivity index (χ0v) is 12.8. The number of rotatable bonds is 1. The smallest absolute Gasteiger partial charge is 0.290 e. The number of nitrogens with one attached hydrogen (secondary N) is 1. The molecular formula is C16H15NO3S. The lowest BCUT2D eigenvalue weighted by Gasteiger charge is -2.28. The fourth-order valence-electron chi connectivity index (χ4n) is 2.30. The molecule has 0 spiro atoms. The third-order valence-corrected chi connectivity index (χ3v) is 4.42. The highest BCUT2D eigenvalue weighted by Crippen LogP contribution is 2.36. The highest BCUT2D eigenvalue weighted by Gasteiger charge is 2.28. The molecule has 1 aromatic carbocycles. The van der Waals surface area contributed by atoms with Gasteiger partial charge in [-0.25, -0.2) is 0 Å². The van der Waals surface area contributed by atoms with Gasteiger partial charge in [-0.1, -0.05) is 12.1 Å². The summed E-state index contributed by atoms with van der Waals surface area (Å²) in [6.07, 6.45) is 4.02. The maximum Gasteiger partial charge on any atom is 0.290 e. The van der Waals surface area contributed by atoms with Crippen LogP contribution in [0, 0.1) is 0 Å². The van der Waals surface area contributed by atoms with Gasteiger partial charge in [-0.3, -0.25) is 14.9 Å². The summed E-state index contributed by atoms with van der Waals surface area (Å²) >= 11 is 0.945. The van der Waals surface area contributed by atoms with Crippen LogP contribution in [0.15, 0.2) is 29.2 Å². The Hall–Kier alpha value is -2.01. The van der Waals surface area contributed by atoms with Crippen molar-refractivity contribution < 1.29 is 14.3 Å². The van der Waals surface area contributed by atoms with E-state index in [1.807, 2.05) is 51.1 Å². The van der Waals surface area contributed by atoms with Crippen LogP contribution in [0.3, 0.4) is 0 Å². The fourth-order valence-corrected chi connectivity index (χ4v) is 3.05. The monoisotopic (exact) mass is 301 g/mol. The van der Waals surface area contributed by atoms with Gasteiger partial charge in [-0.05, 0) is 61.9 Å². The van der Waals surface area contributed by atoms with Crippen molar-refractivity contribution in [3.8, 4) is 5.75 Å². The fraction of sp³-hybridized carbons (Fsp3) is 0.250. The molecular weight excluding hydrogens is 286 g/mol. The van der Waals surface area contributed by atoms with Crippen molar-refractivity contribution in [1.29, 1.82) is 0 Å². The summed E-state index contributed by atoms with van der Waals surface area (Å²) in [5, 5.41) is 1.96. The number of hydrogen-bond acceptors (Lipinski definition) is 4. The Morgan fingerprint density at radius 2 is 2.05 bits per heavy atom. The molecule has 2 heterocycles. The second-order valence-corrected chi connectivity index (χ2v) is 6.57. The maximum atomic E-state index is 11.7. The lowest BCUT2D eigenvalue weighted by Crippen LogP contribution is -2.27. The second-order valence-electron chi connectivity index (χ2n) is 5.59. The number of benzene rings is 1. The molecule has 0 unspecified atom stereocenters. The number of imide groups is 1. The Kier molecular flexibility index (Phi) is 3.17. The highest BCUT2D eigenvalue weighted by atomic mass is 32.2. The number of amides is 2. The lowest BCUT2D eigenvalue weighted by molar-refractivity contribution is -0.115. The van der Waals surface area contributed by atoms with Crippen LogP contribution in [0.25, 0.3) is 11.6 Å². The van der Waals surface area contributed by atoms with Gasteiger partial charge >= 0.3 is 0 Å². The van der Waals surface area contributed by atoms with Gasteiger partial charge in [0.25, 0.3) is 11.1 Å². The van der Waals surface area contributed by atoms with E-state index in [9.17, 15) is 9.59 Å². The van der Waals surface area contributed by atoms with E-state index in [1.165, 1.54) is 0 Å². The van der Waals surface area contributed by atoms with Crippen molar-refractivity contribution >= 4 is 34.6 Å². The number of fused-ring (bicyclic) bond motifs is 1. The minimum Gasteiger partial charge on any atom is -0.483 e. The van der Waals surface area contributed by atoms with E-state index < -0.39 is 0 Å². The Labute approximate surface area is 127 Å². The average Bonchev–Trinajstić information content (AvgIpc) is 2.75. The second kappa shape index (κ2) is 4.77. The van der Waals surface area contributed by atoms with Gasteiger partial charge in [-0.2, -0.15) is 0 Å². The number of carbonyl (C=O) groups excluding carboxylic acids is 2. The predicted octanol–water partition coefficient (Wildman–Crippen LogP) is 3.58. The van der Waals surface area contributed by atoms with E-state index in [0.717, 1.165) is 34.2 Å². The molecule has 4 nitrogen and oxygen atoms in total. The van der Waals surface area contributed by atoms with Gasteiger partial charge in [0.05, 0.1) is 4.91 Å². The maximum absolute atomic E-state index is 11.7. The zero-order valence-electron chi connectivity index (χ0n) is 12.0. The van der Waals surface area contributed by atoms with E-state index >= 15 is 0 Å². The Bertz CT molecular complexity index is 716. The molecule has 1 N–H and O–H groups in total. The quantitative estimate of drug-likeness (QED) is 0.805. The van der Waals surface area contributed by atoms with Gasteiger partial charge in [-0.15, -0.1) is 0 Å². The summed E-state index contributed by atoms with van der Waals surface area (Å²) in [7, 11) is 0. The van der Waals surface area contributed by atoms with E-state index in [4.69, 9.17) is 4.74 Å². The highest BCUT2D eigenvalue weighted by molar-refractivity contribution is 8.18. The molecule has 2 aliphatic heterocycles. The number of hydrogen-bond donors (Lipinski definition) is 1. The van der Waals surface area contributed by atoms with Gasteiger partial charge in [0.1, 0.15) is 11.4 Å². The number of thioether (sulfide) groups is 1. The van der Waals surface area contributed by atoms with E-state index in [2.05, 4.69) is 5.32 Å². The summed E-state index contributed by atoms with van der Waals surface area (Å²) in [5.74, 6) is 0.497. The number of allylic oxidation sites excluding steroid dienone is 1. The minimum absolute atomic E-state index is 0.310. The van der Waals surface area contributed by atoms with Crippen LogP contribution in [0.4, 0.5) is 4.79 Å². The summed E-state index contributed by atoms with van der Waals surface area (Å²) in [5.41, 5.74) is 2.37. The van der Waals surface area contributed by atoms with Gasteiger partial charge in [0, 0.05) is 5.56 Å². The van der Waals surface area contributed by atoms with Crippen molar-refractivity contribution in [3.63, 3.8) is 0 Å². The first-order valence-electron chi connectivity index (χ1n) is 6.62. The molecule has 2 aliphatic rings. The zero-order chi connectivity index (χ0) is 15.2. The first-order chi connectivity index (χ1) is 9.85. The molecule has 0 radical (unpaired) electrons. The molecule has 21 heavy (non-hydrogen) atoms. The molecule has 1 aromatic rings. The molecule has 3 rings (SSSR count). The van der Waals surface area contributed by atoms with E-state index in [-0.39, 0.29) is 16.7 Å². The van der Waals surface area contributed by atoms with Crippen molar-refractivity contribution in [2.24, 2.45) is 0 Å². The van der Waals surface area contributed by atoms with Crippen molar-refractivity contribution in [2.75, 3.05) is 0 Å². The third-order valence-electron chi connectivity index (χ3n) is 3.44. The summed E-state index contributed by atoms with van der Waals surface area (Å²) in [6, 6.07) is 5.78. The Balaban J connectivity index is 2.01.